The molecule has 3 aromatic carbocycles. The molecule has 6 nitrogen and oxygen atoms in total. The Bertz CT molecular complexity index is 1430. The zero-order chi connectivity index (χ0) is 24.4. The molecule has 0 N–H and O–H groups in total. The van der Waals surface area contributed by atoms with Crippen LogP contribution >= 0.6 is 11.7 Å². The van der Waals surface area contributed by atoms with Gasteiger partial charge in [0.25, 0.3) is 0 Å². The van der Waals surface area contributed by atoms with Gasteiger partial charge in [-0.15, -0.1) is 0 Å². The summed E-state index contributed by atoms with van der Waals surface area (Å²) in [5.74, 6) is -1.74. The molecule has 172 valence electrons. The first-order valence-corrected chi connectivity index (χ1v) is 11.5. The number of nitrogens with zero attached hydrogens (tertiary/aromatic N) is 3. The first-order chi connectivity index (χ1) is 16.2. The van der Waals surface area contributed by atoms with Crippen molar-refractivity contribution >= 4 is 45.8 Å². The number of aliphatic carboxylic acids is 1. The Kier molecular flexibility index (Phi) is 8.61. The molecule has 0 aliphatic heterocycles. The summed E-state index contributed by atoms with van der Waals surface area (Å²) in [6.45, 7) is 3.90. The maximum absolute atomic E-state index is 13.7. The second-order valence-corrected chi connectivity index (χ2v) is 9.00. The molecule has 0 radical (unpaired) electrons. The van der Waals surface area contributed by atoms with Gasteiger partial charge >= 0.3 is 29.6 Å². The monoisotopic (exact) mass is 493 g/mol. The molecule has 1 aromatic heterocycles. The Labute approximate surface area is 230 Å². The molecule has 1 heterocycles. The van der Waals surface area contributed by atoms with Crippen molar-refractivity contribution in [1.82, 2.24) is 8.75 Å². The summed E-state index contributed by atoms with van der Waals surface area (Å²) in [5.41, 5.74) is 5.97. The fourth-order valence-electron chi connectivity index (χ4n) is 3.81. The molecular formula is C27H24N3NaO3S. The molecule has 0 amide bonds. The van der Waals surface area contributed by atoms with E-state index < -0.39 is 5.97 Å². The zero-order valence-electron chi connectivity index (χ0n) is 20.5. The molecule has 0 saturated carbocycles. The van der Waals surface area contributed by atoms with Crippen LogP contribution in [0.25, 0.3) is 16.6 Å². The quantitative estimate of drug-likeness (QED) is 0.217. The maximum Gasteiger partial charge on any atom is 1.00 e. The van der Waals surface area contributed by atoms with Crippen molar-refractivity contribution in [2.75, 3.05) is 19.0 Å². The van der Waals surface area contributed by atoms with Gasteiger partial charge in [0, 0.05) is 42.9 Å². The van der Waals surface area contributed by atoms with Crippen molar-refractivity contribution in [3.05, 3.63) is 94.1 Å². The second-order valence-electron chi connectivity index (χ2n) is 8.47. The average molecular weight is 494 g/mol. The van der Waals surface area contributed by atoms with Crippen LogP contribution in [0, 0.1) is 13.8 Å². The smallest absolute Gasteiger partial charge is 0.545 e. The maximum atomic E-state index is 13.7. The van der Waals surface area contributed by atoms with E-state index in [9.17, 15) is 14.7 Å². The average Bonchev–Trinajstić information content (AvgIpc) is 3.28. The predicted octanol–water partition coefficient (Wildman–Crippen LogP) is 1.01. The number of ketones is 1. The first kappa shape index (κ1) is 26.8. The van der Waals surface area contributed by atoms with E-state index in [0.717, 1.165) is 34.1 Å². The zero-order valence-corrected chi connectivity index (χ0v) is 23.3. The van der Waals surface area contributed by atoms with Crippen LogP contribution in [-0.2, 0) is 11.2 Å². The van der Waals surface area contributed by atoms with Crippen LogP contribution in [0.15, 0.2) is 66.2 Å². The molecule has 35 heavy (non-hydrogen) atoms. The van der Waals surface area contributed by atoms with E-state index in [0.29, 0.717) is 22.2 Å². The number of aromatic nitrogens is 2. The van der Waals surface area contributed by atoms with Gasteiger partial charge in [-0.05, 0) is 66.4 Å². The third-order valence-corrected chi connectivity index (χ3v) is 6.48. The minimum atomic E-state index is -1.40. The predicted molar refractivity (Wildman–Crippen MR) is 134 cm³/mol. The largest absolute Gasteiger partial charge is 1.00 e. The van der Waals surface area contributed by atoms with Crippen LogP contribution in [0.5, 0.6) is 0 Å². The number of benzene rings is 3. The SMILES string of the molecule is Cc1ccc(C(=O)/C(Cc2ccc(N(C)C)cc2)=C(/C(=O)[O-])c2ccc3nsnc3c2)cc1C.[Na+]. The Morgan fingerprint density at radius 1 is 0.857 bits per heavy atom. The van der Waals surface area contributed by atoms with Gasteiger partial charge in [-0.25, -0.2) is 0 Å². The van der Waals surface area contributed by atoms with Crippen molar-refractivity contribution < 1.29 is 44.3 Å². The van der Waals surface area contributed by atoms with Crippen molar-refractivity contribution in [3.8, 4) is 0 Å². The molecule has 4 rings (SSSR count). The number of carboxylic acids is 1. The molecule has 0 bridgehead atoms. The standard InChI is InChI=1S/C27H25N3O3S.Na/c1-16-5-8-20(13-17(16)2)26(31)22(14-18-6-10-21(11-7-18)30(3)4)25(27(32)33)19-9-12-23-24(15-19)29-34-28-23;/h5-13,15H,14H2,1-4H3,(H,32,33);/q;+1/p-1/b25-22+;. The van der Waals surface area contributed by atoms with E-state index in [1.807, 2.05) is 63.2 Å². The van der Waals surface area contributed by atoms with Gasteiger partial charge in [-0.3, -0.25) is 4.79 Å². The van der Waals surface area contributed by atoms with Gasteiger partial charge < -0.3 is 14.8 Å². The third kappa shape index (κ3) is 5.87. The van der Waals surface area contributed by atoms with Crippen LogP contribution in [0.3, 0.4) is 0 Å². The molecular weight excluding hydrogens is 469 g/mol. The molecule has 0 aliphatic carbocycles. The minimum Gasteiger partial charge on any atom is -0.545 e. The Morgan fingerprint density at radius 3 is 2.14 bits per heavy atom. The Balaban J connectivity index is 0.00000342. The van der Waals surface area contributed by atoms with E-state index in [1.54, 1.807) is 30.3 Å². The van der Waals surface area contributed by atoms with Gasteiger partial charge in [0.1, 0.15) is 11.0 Å². The van der Waals surface area contributed by atoms with Crippen LogP contribution in [0.2, 0.25) is 0 Å². The third-order valence-electron chi connectivity index (χ3n) is 5.93. The van der Waals surface area contributed by atoms with Crippen LogP contribution in [0.1, 0.15) is 32.6 Å². The van der Waals surface area contributed by atoms with Crippen molar-refractivity contribution in [1.29, 1.82) is 0 Å². The number of hydrogen-bond acceptors (Lipinski definition) is 7. The number of rotatable bonds is 7. The number of anilines is 1. The molecule has 0 saturated heterocycles. The summed E-state index contributed by atoms with van der Waals surface area (Å²) >= 11 is 1.05. The van der Waals surface area contributed by atoms with Crippen LogP contribution in [0.4, 0.5) is 5.69 Å². The number of Topliss-reactive ketones (excluding diaryl/α,β-unsaturated/α-hetero) is 1. The van der Waals surface area contributed by atoms with Gasteiger partial charge in [0.15, 0.2) is 5.78 Å². The molecule has 0 atom stereocenters. The Morgan fingerprint density at radius 2 is 1.51 bits per heavy atom. The van der Waals surface area contributed by atoms with E-state index in [4.69, 9.17) is 0 Å². The number of carbonyl (C=O) groups excluding carboxylic acids is 2. The molecule has 8 heteroatoms. The van der Waals surface area contributed by atoms with Gasteiger partial charge in [-0.2, -0.15) is 8.75 Å². The van der Waals surface area contributed by atoms with Crippen LogP contribution in [-0.4, -0.2) is 34.6 Å². The molecule has 4 aromatic rings. The summed E-state index contributed by atoms with van der Waals surface area (Å²) in [6.07, 6.45) is 0.149. The summed E-state index contributed by atoms with van der Waals surface area (Å²) in [7, 11) is 3.89. The molecule has 0 fully saturated rings. The number of carbonyl (C=O) groups is 2. The molecule has 0 spiro atoms. The number of allylic oxidation sites excluding steroid dienone is 1. The Hall–Kier alpha value is -2.84. The second kappa shape index (κ2) is 11.3. The number of carboxylic acid groups (broad SMARTS) is 1. The van der Waals surface area contributed by atoms with Gasteiger partial charge in [-0.1, -0.05) is 30.3 Å². The number of hydrogen-bond donors (Lipinski definition) is 0. The van der Waals surface area contributed by atoms with Gasteiger partial charge in [0.2, 0.25) is 0 Å². The van der Waals surface area contributed by atoms with Crippen molar-refractivity contribution in [3.63, 3.8) is 0 Å². The van der Waals surface area contributed by atoms with Crippen molar-refractivity contribution in [2.45, 2.75) is 20.3 Å². The van der Waals surface area contributed by atoms with Crippen molar-refractivity contribution in [2.24, 2.45) is 0 Å². The van der Waals surface area contributed by atoms with E-state index in [1.165, 1.54) is 0 Å². The van der Waals surface area contributed by atoms with E-state index in [2.05, 4.69) is 8.75 Å². The summed E-state index contributed by atoms with van der Waals surface area (Å²) in [5, 5.41) is 12.4. The van der Waals surface area contributed by atoms with Gasteiger partial charge in [0.05, 0.1) is 17.7 Å². The first-order valence-electron chi connectivity index (χ1n) is 10.8. The summed E-state index contributed by atoms with van der Waals surface area (Å²) in [6, 6.07) is 18.1. The minimum absolute atomic E-state index is 0. The molecule has 0 unspecified atom stereocenters. The fourth-order valence-corrected chi connectivity index (χ4v) is 4.33. The summed E-state index contributed by atoms with van der Waals surface area (Å²) in [4.78, 5) is 28.2. The number of aryl methyl sites for hydroxylation is 2. The number of fused-ring (bicyclic) bond motifs is 1. The molecule has 0 aliphatic rings. The summed E-state index contributed by atoms with van der Waals surface area (Å²) < 4.78 is 8.40. The van der Waals surface area contributed by atoms with Crippen LogP contribution < -0.4 is 39.6 Å². The van der Waals surface area contributed by atoms with E-state index >= 15 is 0 Å². The van der Waals surface area contributed by atoms with E-state index in [-0.39, 0.29) is 52.9 Å². The topological polar surface area (TPSA) is 86.2 Å². The normalized spacial score (nSPS) is 11.5. The fraction of sp³-hybridized carbons (Fsp3) is 0.185.